The van der Waals surface area contributed by atoms with Gasteiger partial charge in [-0.05, 0) is 12.1 Å². The zero-order valence-corrected chi connectivity index (χ0v) is 6.96. The lowest BCUT2D eigenvalue weighted by Gasteiger charge is -2.04. The van der Waals surface area contributed by atoms with E-state index in [1.165, 1.54) is 18.4 Å². The summed E-state index contributed by atoms with van der Waals surface area (Å²) >= 11 is 0. The highest BCUT2D eigenvalue weighted by Crippen LogP contribution is 2.26. The molecule has 0 fully saturated rings. The van der Waals surface area contributed by atoms with Crippen LogP contribution in [0.15, 0.2) is 34.9 Å². The van der Waals surface area contributed by atoms with Crippen LogP contribution >= 0.6 is 0 Å². The fraction of sp³-hybridized carbons (Fsp3) is 0. The van der Waals surface area contributed by atoms with Gasteiger partial charge < -0.3 is 9.15 Å². The number of furan rings is 1. The van der Waals surface area contributed by atoms with Crippen LogP contribution in [0.2, 0.25) is 0 Å². The van der Waals surface area contributed by atoms with E-state index >= 15 is 0 Å². The molecular formula is C10H5F2O2. The lowest BCUT2D eigenvalue weighted by Crippen LogP contribution is -1.90. The highest BCUT2D eigenvalue weighted by atomic mass is 19.1. The second-order valence-corrected chi connectivity index (χ2v) is 2.55. The number of hydrogen-bond donors (Lipinski definition) is 0. The molecule has 1 aromatic carbocycles. The SMILES string of the molecule is Fc1cccc(F)c1Oc1c[c]oc1. The van der Waals surface area contributed by atoms with Gasteiger partial charge in [0.25, 0.3) is 0 Å². The average Bonchev–Trinajstić information content (AvgIpc) is 2.64. The number of para-hydroxylation sites is 1. The van der Waals surface area contributed by atoms with E-state index in [0.717, 1.165) is 12.1 Å². The molecule has 14 heavy (non-hydrogen) atoms. The molecule has 0 aliphatic rings. The molecule has 0 bridgehead atoms. The highest BCUT2D eigenvalue weighted by Gasteiger charge is 2.10. The number of halogens is 2. The van der Waals surface area contributed by atoms with Crippen molar-refractivity contribution in [3.8, 4) is 11.5 Å². The summed E-state index contributed by atoms with van der Waals surface area (Å²) in [5.74, 6) is -1.76. The van der Waals surface area contributed by atoms with Gasteiger partial charge in [-0.2, -0.15) is 0 Å². The first-order chi connectivity index (χ1) is 6.77. The van der Waals surface area contributed by atoms with Gasteiger partial charge in [-0.25, -0.2) is 8.78 Å². The zero-order valence-electron chi connectivity index (χ0n) is 6.96. The molecule has 0 spiro atoms. The van der Waals surface area contributed by atoms with Crippen LogP contribution < -0.4 is 4.74 Å². The molecule has 0 aliphatic carbocycles. The van der Waals surface area contributed by atoms with Gasteiger partial charge >= 0.3 is 0 Å². The predicted molar refractivity (Wildman–Crippen MR) is 44.0 cm³/mol. The quantitative estimate of drug-likeness (QED) is 0.734. The van der Waals surface area contributed by atoms with E-state index in [4.69, 9.17) is 4.74 Å². The fourth-order valence-electron chi connectivity index (χ4n) is 0.970. The molecule has 1 radical (unpaired) electrons. The summed E-state index contributed by atoms with van der Waals surface area (Å²) < 4.78 is 35.5. The van der Waals surface area contributed by atoms with Crippen LogP contribution in [-0.2, 0) is 0 Å². The monoisotopic (exact) mass is 195 g/mol. The van der Waals surface area contributed by atoms with Crippen molar-refractivity contribution in [2.24, 2.45) is 0 Å². The standard InChI is InChI=1S/C10H5F2O2/c11-8-2-1-3-9(12)10(8)14-7-4-5-13-6-7/h1-4,6H. The summed E-state index contributed by atoms with van der Waals surface area (Å²) in [6, 6.07) is 4.83. The van der Waals surface area contributed by atoms with Gasteiger partial charge in [0.1, 0.15) is 6.26 Å². The minimum atomic E-state index is -0.758. The van der Waals surface area contributed by atoms with E-state index in [2.05, 4.69) is 10.7 Å². The molecule has 2 nitrogen and oxygen atoms in total. The Morgan fingerprint density at radius 3 is 2.50 bits per heavy atom. The maximum atomic E-state index is 13.0. The second kappa shape index (κ2) is 3.49. The number of rotatable bonds is 2. The van der Waals surface area contributed by atoms with Crippen molar-refractivity contribution in [1.29, 1.82) is 0 Å². The van der Waals surface area contributed by atoms with Gasteiger partial charge in [0.05, 0.1) is 0 Å². The summed E-state index contributed by atoms with van der Waals surface area (Å²) in [5.41, 5.74) is 0. The number of benzene rings is 1. The predicted octanol–water partition coefficient (Wildman–Crippen LogP) is 3.15. The van der Waals surface area contributed by atoms with Gasteiger partial charge in [0, 0.05) is 6.07 Å². The maximum absolute atomic E-state index is 13.0. The topological polar surface area (TPSA) is 22.4 Å². The molecule has 0 atom stereocenters. The van der Waals surface area contributed by atoms with Crippen molar-refractivity contribution in [2.75, 3.05) is 0 Å². The molecule has 2 rings (SSSR count). The van der Waals surface area contributed by atoms with Gasteiger partial charge in [-0.3, -0.25) is 0 Å². The molecule has 0 unspecified atom stereocenters. The van der Waals surface area contributed by atoms with Crippen molar-refractivity contribution >= 4 is 0 Å². The van der Waals surface area contributed by atoms with Crippen molar-refractivity contribution in [3.63, 3.8) is 0 Å². The molecule has 71 valence electrons. The minimum Gasteiger partial charge on any atom is -0.457 e. The Morgan fingerprint density at radius 2 is 1.93 bits per heavy atom. The largest absolute Gasteiger partial charge is 0.457 e. The molecular weight excluding hydrogens is 190 g/mol. The molecule has 4 heteroatoms. The third-order valence-electron chi connectivity index (χ3n) is 1.58. The molecule has 0 N–H and O–H groups in total. The van der Waals surface area contributed by atoms with E-state index in [9.17, 15) is 8.78 Å². The van der Waals surface area contributed by atoms with Crippen LogP contribution in [0.1, 0.15) is 0 Å². The normalized spacial score (nSPS) is 10.1. The summed E-state index contributed by atoms with van der Waals surface area (Å²) in [4.78, 5) is 0. The molecule has 0 saturated heterocycles. The van der Waals surface area contributed by atoms with Gasteiger partial charge in [0.2, 0.25) is 0 Å². The summed E-state index contributed by atoms with van der Waals surface area (Å²) in [5, 5.41) is 0. The van der Waals surface area contributed by atoms with Crippen molar-refractivity contribution in [3.05, 3.63) is 48.4 Å². The summed E-state index contributed by atoms with van der Waals surface area (Å²) in [6.45, 7) is 0. The third-order valence-corrected chi connectivity index (χ3v) is 1.58. The van der Waals surface area contributed by atoms with E-state index in [1.807, 2.05) is 0 Å². The van der Waals surface area contributed by atoms with E-state index in [1.54, 1.807) is 0 Å². The van der Waals surface area contributed by atoms with Gasteiger partial charge in [-0.15, -0.1) is 0 Å². The number of ether oxygens (including phenoxy) is 1. The second-order valence-electron chi connectivity index (χ2n) is 2.55. The average molecular weight is 195 g/mol. The first-order valence-corrected chi connectivity index (χ1v) is 3.84. The summed E-state index contributed by atoms with van der Waals surface area (Å²) in [6.07, 6.45) is 3.54. The van der Waals surface area contributed by atoms with Gasteiger partial charge in [-0.1, -0.05) is 6.07 Å². The van der Waals surface area contributed by atoms with Crippen LogP contribution in [0.25, 0.3) is 0 Å². The van der Waals surface area contributed by atoms with Crippen LogP contribution in [0.4, 0.5) is 8.78 Å². The van der Waals surface area contributed by atoms with E-state index in [-0.39, 0.29) is 5.75 Å². The molecule has 1 aromatic heterocycles. The molecule has 0 amide bonds. The molecule has 2 aromatic rings. The molecule has 0 aliphatic heterocycles. The molecule has 0 saturated carbocycles. The van der Waals surface area contributed by atoms with Crippen molar-refractivity contribution in [2.45, 2.75) is 0 Å². The lowest BCUT2D eigenvalue weighted by molar-refractivity contribution is 0.401. The van der Waals surface area contributed by atoms with Crippen LogP contribution in [-0.4, -0.2) is 0 Å². The third kappa shape index (κ3) is 1.59. The summed E-state index contributed by atoms with van der Waals surface area (Å²) in [7, 11) is 0. The first kappa shape index (κ1) is 8.74. The molecule has 1 heterocycles. The van der Waals surface area contributed by atoms with Crippen LogP contribution in [0, 0.1) is 17.9 Å². The Kier molecular flexibility index (Phi) is 2.18. The van der Waals surface area contributed by atoms with Crippen molar-refractivity contribution < 1.29 is 17.9 Å². The Balaban J connectivity index is 2.33. The van der Waals surface area contributed by atoms with Gasteiger partial charge in [0.15, 0.2) is 29.4 Å². The maximum Gasteiger partial charge on any atom is 0.198 e. The first-order valence-electron chi connectivity index (χ1n) is 3.84. The van der Waals surface area contributed by atoms with Crippen molar-refractivity contribution in [1.82, 2.24) is 0 Å². The zero-order chi connectivity index (χ0) is 9.97. The Labute approximate surface area is 78.7 Å². The Morgan fingerprint density at radius 1 is 1.21 bits per heavy atom. The minimum absolute atomic E-state index is 0.203. The van der Waals surface area contributed by atoms with E-state index < -0.39 is 17.4 Å². The fourth-order valence-corrected chi connectivity index (χ4v) is 0.970. The Hall–Kier alpha value is -1.84. The van der Waals surface area contributed by atoms with Crippen LogP contribution in [0.3, 0.4) is 0 Å². The van der Waals surface area contributed by atoms with Crippen LogP contribution in [0.5, 0.6) is 11.5 Å². The smallest absolute Gasteiger partial charge is 0.198 e. The van der Waals surface area contributed by atoms with E-state index in [0.29, 0.717) is 0 Å². The number of hydrogen-bond acceptors (Lipinski definition) is 2. The Bertz CT molecular complexity index is 403. The highest BCUT2D eigenvalue weighted by molar-refractivity contribution is 5.31. The lowest BCUT2D eigenvalue weighted by atomic mass is 10.3.